The van der Waals surface area contributed by atoms with Crippen LogP contribution < -0.4 is 15.0 Å². The molecular formula is C26H36F3N3O5. The quantitative estimate of drug-likeness (QED) is 0.531. The number of carbonyl (C=O) groups excluding carboxylic acids is 3. The molecule has 0 aromatic heterocycles. The topological polar surface area (TPSA) is 88.2 Å². The summed E-state index contributed by atoms with van der Waals surface area (Å²) in [6.45, 7) is 6.73. The number of alkyl carbamates (subject to hydrolysis) is 1. The fourth-order valence-electron chi connectivity index (χ4n) is 5.06. The van der Waals surface area contributed by atoms with E-state index in [2.05, 4.69) is 10.1 Å². The van der Waals surface area contributed by atoms with Crippen molar-refractivity contribution in [3.05, 3.63) is 23.3 Å². The second-order valence-corrected chi connectivity index (χ2v) is 10.0. The number of alkyl halides is 3. The summed E-state index contributed by atoms with van der Waals surface area (Å²) in [5, 5.41) is 2.47. The largest absolute Gasteiger partial charge is 0.476 e. The number of hydrogen-bond acceptors (Lipinski definition) is 5. The Balaban J connectivity index is 2.12. The molecule has 206 valence electrons. The lowest BCUT2D eigenvalue weighted by Crippen LogP contribution is -2.55. The summed E-state index contributed by atoms with van der Waals surface area (Å²) in [5.74, 6) is -1.33. The van der Waals surface area contributed by atoms with Crippen LogP contribution >= 0.6 is 0 Å². The average Bonchev–Trinajstić information content (AvgIpc) is 2.85. The van der Waals surface area contributed by atoms with Gasteiger partial charge in [0.2, 0.25) is 0 Å². The van der Waals surface area contributed by atoms with E-state index >= 15 is 0 Å². The highest BCUT2D eigenvalue weighted by Crippen LogP contribution is 2.45. The molecule has 1 aromatic rings. The number of amides is 3. The highest BCUT2D eigenvalue weighted by molar-refractivity contribution is 6.05. The molecule has 1 saturated carbocycles. The smallest absolute Gasteiger partial charge is 0.417 e. The van der Waals surface area contributed by atoms with E-state index in [0.717, 1.165) is 44.2 Å². The van der Waals surface area contributed by atoms with Gasteiger partial charge in [0.1, 0.15) is 5.75 Å². The minimum atomic E-state index is -4.82. The number of nitrogens with zero attached hydrogens (tertiary/aromatic N) is 2. The minimum absolute atomic E-state index is 0.0118. The third kappa shape index (κ3) is 5.96. The maximum absolute atomic E-state index is 14.3. The van der Waals surface area contributed by atoms with E-state index in [1.807, 2.05) is 0 Å². The Kier molecular flexibility index (Phi) is 8.64. The van der Waals surface area contributed by atoms with Crippen molar-refractivity contribution in [3.8, 4) is 5.75 Å². The first-order chi connectivity index (χ1) is 17.3. The van der Waals surface area contributed by atoms with Crippen molar-refractivity contribution in [3.63, 3.8) is 0 Å². The van der Waals surface area contributed by atoms with E-state index in [0.29, 0.717) is 0 Å². The molecule has 0 unspecified atom stereocenters. The van der Waals surface area contributed by atoms with Gasteiger partial charge in [-0.1, -0.05) is 26.2 Å². The summed E-state index contributed by atoms with van der Waals surface area (Å²) in [7, 11) is 1.20. The van der Waals surface area contributed by atoms with E-state index in [9.17, 15) is 27.6 Å². The van der Waals surface area contributed by atoms with Gasteiger partial charge < -0.3 is 24.6 Å². The molecule has 3 rings (SSSR count). The number of carbonyl (C=O) groups is 3. The minimum Gasteiger partial charge on any atom is -0.476 e. The molecular weight excluding hydrogens is 491 g/mol. The fourth-order valence-corrected chi connectivity index (χ4v) is 5.06. The van der Waals surface area contributed by atoms with Crippen LogP contribution in [0.2, 0.25) is 0 Å². The van der Waals surface area contributed by atoms with Gasteiger partial charge >= 0.3 is 12.3 Å². The summed E-state index contributed by atoms with van der Waals surface area (Å²) in [5.41, 5.74) is -2.96. The van der Waals surface area contributed by atoms with E-state index < -0.39 is 40.8 Å². The Hall–Kier alpha value is -2.98. The maximum Gasteiger partial charge on any atom is 0.417 e. The lowest BCUT2D eigenvalue weighted by atomic mass is 9.91. The van der Waals surface area contributed by atoms with Crippen LogP contribution in [0.3, 0.4) is 0 Å². The molecule has 1 atom stereocenters. The lowest BCUT2D eigenvalue weighted by Gasteiger charge is -2.41. The van der Waals surface area contributed by atoms with E-state index in [1.54, 1.807) is 25.7 Å². The van der Waals surface area contributed by atoms with Gasteiger partial charge in [-0.05, 0) is 52.2 Å². The number of hydrogen-bond donors (Lipinski definition) is 1. The zero-order valence-corrected chi connectivity index (χ0v) is 22.0. The molecule has 1 heterocycles. The van der Waals surface area contributed by atoms with Gasteiger partial charge in [-0.25, -0.2) is 4.79 Å². The second kappa shape index (κ2) is 11.2. The summed E-state index contributed by atoms with van der Waals surface area (Å²) in [6, 6.07) is 1.47. The number of anilines is 1. The van der Waals surface area contributed by atoms with Crippen molar-refractivity contribution in [2.75, 3.05) is 25.1 Å². The molecule has 0 bridgehead atoms. The van der Waals surface area contributed by atoms with Crippen molar-refractivity contribution < 1.29 is 37.0 Å². The predicted molar refractivity (Wildman–Crippen MR) is 132 cm³/mol. The van der Waals surface area contributed by atoms with Crippen molar-refractivity contribution >= 4 is 23.6 Å². The first-order valence-corrected chi connectivity index (χ1v) is 12.7. The van der Waals surface area contributed by atoms with Gasteiger partial charge in [-0.3, -0.25) is 9.59 Å². The van der Waals surface area contributed by atoms with Gasteiger partial charge in [0.25, 0.3) is 11.8 Å². The number of halogens is 3. The molecule has 1 fully saturated rings. The van der Waals surface area contributed by atoms with Crippen LogP contribution in [0.5, 0.6) is 5.75 Å². The van der Waals surface area contributed by atoms with Crippen molar-refractivity contribution in [1.29, 1.82) is 0 Å². The fraction of sp³-hybridized carbons (Fsp3) is 0.654. The molecule has 11 heteroatoms. The van der Waals surface area contributed by atoms with Crippen LogP contribution in [-0.4, -0.2) is 60.7 Å². The Morgan fingerprint density at radius 3 is 2.43 bits per heavy atom. The van der Waals surface area contributed by atoms with E-state index in [-0.39, 0.29) is 43.0 Å². The van der Waals surface area contributed by atoms with Gasteiger partial charge in [0.15, 0.2) is 5.60 Å². The van der Waals surface area contributed by atoms with Crippen molar-refractivity contribution in [1.82, 2.24) is 10.2 Å². The predicted octanol–water partition coefficient (Wildman–Crippen LogP) is 5.14. The number of nitrogens with one attached hydrogen (secondary N) is 1. The van der Waals surface area contributed by atoms with Crippen LogP contribution in [0, 0.1) is 0 Å². The van der Waals surface area contributed by atoms with E-state index in [1.165, 1.54) is 18.9 Å². The van der Waals surface area contributed by atoms with Crippen LogP contribution in [-0.2, 0) is 15.7 Å². The molecule has 37 heavy (non-hydrogen) atoms. The molecule has 0 spiro atoms. The molecule has 8 nitrogen and oxygen atoms in total. The number of fused-ring (bicyclic) bond motifs is 1. The zero-order chi connectivity index (χ0) is 27.5. The van der Waals surface area contributed by atoms with Gasteiger partial charge in [0, 0.05) is 25.2 Å². The molecule has 1 N–H and O–H groups in total. The Morgan fingerprint density at radius 2 is 1.89 bits per heavy atom. The molecule has 2 aliphatic rings. The Labute approximate surface area is 215 Å². The van der Waals surface area contributed by atoms with Gasteiger partial charge in [-0.2, -0.15) is 13.2 Å². The Morgan fingerprint density at radius 1 is 1.24 bits per heavy atom. The molecule has 1 aromatic carbocycles. The van der Waals surface area contributed by atoms with Gasteiger partial charge in [-0.15, -0.1) is 0 Å². The molecule has 1 aliphatic heterocycles. The molecule has 3 amide bonds. The van der Waals surface area contributed by atoms with E-state index in [4.69, 9.17) is 4.74 Å². The number of rotatable bonds is 7. The number of benzene rings is 1. The molecule has 1 aliphatic carbocycles. The third-order valence-electron chi connectivity index (χ3n) is 7.18. The standard InChI is InChI=1S/C26H36F3N3O5/c1-6-25(4)23(34)31(13-12-30-24(35)36-5)20-14-18(19(26(27,28)29)15-21(20)37-25)22(33)32(16(2)3)17-10-8-7-9-11-17/h14-17H,6-13H2,1-5H3,(H,30,35)/t25-/m1/s1. The molecule has 0 radical (unpaired) electrons. The SMILES string of the molecule is CC[C@@]1(C)Oc2cc(C(F)(F)F)c(C(=O)N(C(C)C)C3CCCCC3)cc2N(CCNC(=O)OC)C1=O. The average molecular weight is 528 g/mol. The molecule has 0 saturated heterocycles. The van der Waals surface area contributed by atoms with Crippen molar-refractivity contribution in [2.45, 2.75) is 90.1 Å². The summed E-state index contributed by atoms with van der Waals surface area (Å²) < 4.78 is 53.3. The first kappa shape index (κ1) is 28.6. The lowest BCUT2D eigenvalue weighted by molar-refractivity contribution is -0.138. The number of methoxy groups -OCH3 is 1. The van der Waals surface area contributed by atoms with Crippen molar-refractivity contribution in [2.24, 2.45) is 0 Å². The maximum atomic E-state index is 14.3. The Bertz CT molecular complexity index is 1020. The van der Waals surface area contributed by atoms with Crippen LogP contribution in [0.1, 0.15) is 82.1 Å². The zero-order valence-electron chi connectivity index (χ0n) is 22.0. The summed E-state index contributed by atoms with van der Waals surface area (Å²) >= 11 is 0. The monoisotopic (exact) mass is 527 g/mol. The van der Waals surface area contributed by atoms with Crippen LogP contribution in [0.15, 0.2) is 12.1 Å². The normalized spacial score (nSPS) is 20.4. The highest BCUT2D eigenvalue weighted by Gasteiger charge is 2.46. The second-order valence-electron chi connectivity index (χ2n) is 10.0. The van der Waals surface area contributed by atoms with Crippen LogP contribution in [0.4, 0.5) is 23.7 Å². The van der Waals surface area contributed by atoms with Crippen LogP contribution in [0.25, 0.3) is 0 Å². The first-order valence-electron chi connectivity index (χ1n) is 12.7. The number of ether oxygens (including phenoxy) is 2. The third-order valence-corrected chi connectivity index (χ3v) is 7.18. The summed E-state index contributed by atoms with van der Waals surface area (Å²) in [4.78, 5) is 41.5. The highest BCUT2D eigenvalue weighted by atomic mass is 19.4. The van der Waals surface area contributed by atoms with Gasteiger partial charge in [0.05, 0.1) is 23.9 Å². The summed E-state index contributed by atoms with van der Waals surface area (Å²) in [6.07, 6.45) is -0.990.